The third-order valence-corrected chi connectivity index (χ3v) is 5.10. The normalized spacial score (nSPS) is 12.6. The average molecular weight is 395 g/mol. The van der Waals surface area contributed by atoms with Crippen LogP contribution in [0.5, 0.6) is 0 Å². The van der Waals surface area contributed by atoms with Crippen LogP contribution in [0.15, 0.2) is 0 Å². The molecule has 0 rings (SSSR count). The molecule has 0 saturated carbocycles. The predicted molar refractivity (Wildman–Crippen MR) is 99.4 cm³/mol. The highest BCUT2D eigenvalue weighted by Crippen LogP contribution is 2.11. The van der Waals surface area contributed by atoms with E-state index in [-0.39, 0.29) is 13.2 Å². The van der Waals surface area contributed by atoms with Crippen LogP contribution in [0.1, 0.15) is 84.5 Å². The van der Waals surface area contributed by atoms with Crippen LogP contribution in [0, 0.1) is 0 Å². The van der Waals surface area contributed by atoms with E-state index < -0.39 is 33.7 Å². The van der Waals surface area contributed by atoms with E-state index in [1.807, 2.05) is 0 Å². The van der Waals surface area contributed by atoms with Gasteiger partial charge in [0.05, 0.1) is 19.6 Å². The molecule has 8 heteroatoms. The lowest BCUT2D eigenvalue weighted by molar-refractivity contribution is -0.149. The van der Waals surface area contributed by atoms with Crippen LogP contribution in [0.25, 0.3) is 0 Å². The van der Waals surface area contributed by atoms with Crippen LogP contribution >= 0.6 is 0 Å². The van der Waals surface area contributed by atoms with Crippen molar-refractivity contribution < 1.29 is 32.0 Å². The molecule has 0 aromatic rings. The zero-order valence-electron chi connectivity index (χ0n) is 16.1. The van der Waals surface area contributed by atoms with Crippen LogP contribution in [-0.2, 0) is 29.2 Å². The lowest BCUT2D eigenvalue weighted by Crippen LogP contribution is -2.34. The zero-order valence-corrected chi connectivity index (χ0v) is 16.9. The Labute approximate surface area is 157 Å². The monoisotopic (exact) mass is 394 g/mol. The summed E-state index contributed by atoms with van der Waals surface area (Å²) in [5.41, 5.74) is 0. The van der Waals surface area contributed by atoms with Crippen molar-refractivity contribution in [2.45, 2.75) is 89.7 Å². The summed E-state index contributed by atoms with van der Waals surface area (Å²) in [6, 6.07) is 0. The Morgan fingerprint density at radius 2 is 1.35 bits per heavy atom. The summed E-state index contributed by atoms with van der Waals surface area (Å²) in [7, 11) is -4.71. The average Bonchev–Trinajstić information content (AvgIpc) is 2.56. The second-order valence-electron chi connectivity index (χ2n) is 6.36. The fourth-order valence-electron chi connectivity index (χ4n) is 2.53. The summed E-state index contributed by atoms with van der Waals surface area (Å²) in [4.78, 5) is 23.2. The summed E-state index contributed by atoms with van der Waals surface area (Å²) in [6.45, 7) is 3.84. The number of hydrogen-bond acceptors (Lipinski definition) is 6. The Morgan fingerprint density at radius 3 is 1.81 bits per heavy atom. The fourth-order valence-corrected chi connectivity index (χ4v) is 3.19. The highest BCUT2D eigenvalue weighted by molar-refractivity contribution is 7.87. The van der Waals surface area contributed by atoms with E-state index in [1.165, 1.54) is 45.4 Å². The molecule has 1 atom stereocenters. The van der Waals surface area contributed by atoms with Gasteiger partial charge < -0.3 is 9.47 Å². The van der Waals surface area contributed by atoms with E-state index in [1.54, 1.807) is 0 Å². The van der Waals surface area contributed by atoms with Crippen molar-refractivity contribution in [3.05, 3.63) is 0 Å². The van der Waals surface area contributed by atoms with Gasteiger partial charge in [0.15, 0.2) is 5.25 Å². The quantitative estimate of drug-likeness (QED) is 0.242. The molecule has 0 aliphatic carbocycles. The molecule has 0 saturated heterocycles. The van der Waals surface area contributed by atoms with E-state index in [0.29, 0.717) is 6.42 Å². The predicted octanol–water partition coefficient (Wildman–Crippen LogP) is 3.66. The minimum atomic E-state index is -4.71. The molecule has 0 heterocycles. The van der Waals surface area contributed by atoms with Crippen molar-refractivity contribution in [1.82, 2.24) is 0 Å². The lowest BCUT2D eigenvalue weighted by Gasteiger charge is -2.12. The standard InChI is InChI=1S/C18H34O7S/c1-3-5-6-7-8-9-10-11-12-13-14-25-17(19)15-16(26(21,22)23)18(20)24-4-2/h16H,3-15H2,1-2H3,(H,21,22,23). The molecule has 0 bridgehead atoms. The summed E-state index contributed by atoms with van der Waals surface area (Å²) in [5.74, 6) is -1.98. The fraction of sp³-hybridized carbons (Fsp3) is 0.889. The molecule has 1 unspecified atom stereocenters. The molecular formula is C18H34O7S. The van der Waals surface area contributed by atoms with Crippen molar-refractivity contribution in [3.63, 3.8) is 0 Å². The van der Waals surface area contributed by atoms with Gasteiger partial charge in [-0.05, 0) is 13.3 Å². The van der Waals surface area contributed by atoms with E-state index in [4.69, 9.17) is 9.29 Å². The zero-order chi connectivity index (χ0) is 19.8. The molecule has 0 aromatic heterocycles. The van der Waals surface area contributed by atoms with Gasteiger partial charge in [0.2, 0.25) is 0 Å². The van der Waals surface area contributed by atoms with E-state index in [0.717, 1.165) is 19.3 Å². The molecule has 7 nitrogen and oxygen atoms in total. The van der Waals surface area contributed by atoms with Crippen LogP contribution in [0.3, 0.4) is 0 Å². The van der Waals surface area contributed by atoms with Crippen molar-refractivity contribution in [1.29, 1.82) is 0 Å². The van der Waals surface area contributed by atoms with Crippen molar-refractivity contribution >= 4 is 22.1 Å². The van der Waals surface area contributed by atoms with Crippen LogP contribution < -0.4 is 0 Å². The number of carbonyl (C=O) groups is 2. The van der Waals surface area contributed by atoms with Gasteiger partial charge in [-0.25, -0.2) is 0 Å². The number of unbranched alkanes of at least 4 members (excludes halogenated alkanes) is 9. The van der Waals surface area contributed by atoms with E-state index in [2.05, 4.69) is 11.7 Å². The largest absolute Gasteiger partial charge is 0.466 e. The molecule has 26 heavy (non-hydrogen) atoms. The van der Waals surface area contributed by atoms with Crippen LogP contribution in [0.2, 0.25) is 0 Å². The van der Waals surface area contributed by atoms with Crippen molar-refractivity contribution in [2.24, 2.45) is 0 Å². The van der Waals surface area contributed by atoms with Crippen LogP contribution in [-0.4, -0.2) is 43.4 Å². The molecule has 0 aliphatic rings. The third-order valence-electron chi connectivity index (χ3n) is 4.02. The Bertz CT molecular complexity index is 488. The topological polar surface area (TPSA) is 107 Å². The van der Waals surface area contributed by atoms with Gasteiger partial charge in [0.25, 0.3) is 10.1 Å². The molecule has 1 N–H and O–H groups in total. The van der Waals surface area contributed by atoms with Crippen LogP contribution in [0.4, 0.5) is 0 Å². The summed E-state index contributed by atoms with van der Waals surface area (Å²) in [6.07, 6.45) is 10.8. The van der Waals surface area contributed by atoms with Gasteiger partial charge in [-0.15, -0.1) is 0 Å². The highest BCUT2D eigenvalue weighted by Gasteiger charge is 2.35. The molecule has 0 spiro atoms. The third kappa shape index (κ3) is 13.1. The molecular weight excluding hydrogens is 360 g/mol. The molecule has 154 valence electrons. The van der Waals surface area contributed by atoms with Gasteiger partial charge >= 0.3 is 11.9 Å². The molecule has 0 aliphatic heterocycles. The number of carbonyl (C=O) groups excluding carboxylic acids is 2. The number of hydrogen-bond donors (Lipinski definition) is 1. The van der Waals surface area contributed by atoms with Crippen molar-refractivity contribution in [2.75, 3.05) is 13.2 Å². The maximum Gasteiger partial charge on any atom is 0.327 e. The van der Waals surface area contributed by atoms with Gasteiger partial charge in [0.1, 0.15) is 0 Å². The second kappa shape index (κ2) is 15.0. The van der Waals surface area contributed by atoms with Gasteiger partial charge in [-0.2, -0.15) is 8.42 Å². The SMILES string of the molecule is CCCCCCCCCCCCOC(=O)CC(C(=O)OCC)S(=O)(=O)O. The lowest BCUT2D eigenvalue weighted by atomic mass is 10.1. The maximum absolute atomic E-state index is 11.7. The smallest absolute Gasteiger partial charge is 0.327 e. The first kappa shape index (κ1) is 24.8. The summed E-state index contributed by atoms with van der Waals surface area (Å²) in [5, 5.41) is -1.93. The Hall–Kier alpha value is -1.15. The number of ether oxygens (including phenoxy) is 2. The van der Waals surface area contributed by atoms with Gasteiger partial charge in [0, 0.05) is 0 Å². The molecule has 0 fully saturated rings. The molecule has 0 radical (unpaired) electrons. The number of esters is 2. The first-order valence-electron chi connectivity index (χ1n) is 9.61. The van der Waals surface area contributed by atoms with E-state index >= 15 is 0 Å². The Balaban J connectivity index is 3.82. The second-order valence-corrected chi connectivity index (χ2v) is 7.96. The Kier molecular flexibility index (Phi) is 14.3. The summed E-state index contributed by atoms with van der Waals surface area (Å²) >= 11 is 0. The van der Waals surface area contributed by atoms with E-state index in [9.17, 15) is 18.0 Å². The Morgan fingerprint density at radius 1 is 0.846 bits per heavy atom. The molecule has 0 amide bonds. The minimum Gasteiger partial charge on any atom is -0.466 e. The highest BCUT2D eigenvalue weighted by atomic mass is 32.2. The van der Waals surface area contributed by atoms with Gasteiger partial charge in [-0.3, -0.25) is 14.1 Å². The first-order valence-corrected chi connectivity index (χ1v) is 11.1. The first-order chi connectivity index (χ1) is 12.3. The summed E-state index contributed by atoms with van der Waals surface area (Å²) < 4.78 is 40.9. The van der Waals surface area contributed by atoms with Gasteiger partial charge in [-0.1, -0.05) is 64.7 Å². The number of rotatable bonds is 16. The molecule has 0 aromatic carbocycles. The maximum atomic E-state index is 11.7. The van der Waals surface area contributed by atoms with Crippen molar-refractivity contribution in [3.8, 4) is 0 Å². The minimum absolute atomic E-state index is 0.0431.